The van der Waals surface area contributed by atoms with E-state index in [1.54, 1.807) is 29.2 Å². The smallest absolute Gasteiger partial charge is 0.324 e. The van der Waals surface area contributed by atoms with Crippen LogP contribution >= 0.6 is 0 Å². The Morgan fingerprint density at radius 3 is 2.52 bits per heavy atom. The van der Waals surface area contributed by atoms with E-state index in [9.17, 15) is 14.4 Å². The number of hydrogen-bond donors (Lipinski definition) is 3. The van der Waals surface area contributed by atoms with Gasteiger partial charge in [0.25, 0.3) is 0 Å². The van der Waals surface area contributed by atoms with E-state index < -0.39 is 17.8 Å². The number of nitrogens with zero attached hydrogens (tertiary/aromatic N) is 1. The minimum absolute atomic E-state index is 0.00215. The van der Waals surface area contributed by atoms with Crippen LogP contribution in [0.15, 0.2) is 24.3 Å². The molecule has 1 amide bonds. The molecule has 5 N–H and O–H groups in total. The van der Waals surface area contributed by atoms with Crippen LogP contribution in [-0.4, -0.2) is 30.0 Å². The minimum Gasteiger partial charge on any atom is -0.384 e. The number of carbonyl (C=O) groups is 3. The van der Waals surface area contributed by atoms with E-state index in [0.717, 1.165) is 0 Å². The van der Waals surface area contributed by atoms with Gasteiger partial charge in [0.15, 0.2) is 0 Å². The van der Waals surface area contributed by atoms with Gasteiger partial charge in [-0.1, -0.05) is 0 Å². The van der Waals surface area contributed by atoms with E-state index in [1.165, 1.54) is 6.92 Å². The summed E-state index contributed by atoms with van der Waals surface area (Å²) in [6.07, 6.45) is 0.770. The van der Waals surface area contributed by atoms with Crippen LogP contribution in [0, 0.1) is 17.2 Å². The van der Waals surface area contributed by atoms with Gasteiger partial charge in [0, 0.05) is 36.1 Å². The fraction of sp³-hybridized carbons (Fsp3) is 0.412. The summed E-state index contributed by atoms with van der Waals surface area (Å²) in [5, 5.41) is 7.40. The lowest BCUT2D eigenvalue weighted by molar-refractivity contribution is -0.145. The maximum Gasteiger partial charge on any atom is 0.324 e. The topological polar surface area (TPSA) is 140 Å². The van der Waals surface area contributed by atoms with Crippen molar-refractivity contribution in [2.75, 3.05) is 11.4 Å². The van der Waals surface area contributed by atoms with Crippen molar-refractivity contribution < 1.29 is 19.2 Å². The number of hydrogen-bond acceptors (Lipinski definition) is 6. The molecule has 2 unspecified atom stereocenters. The average Bonchev–Trinajstić information content (AvgIpc) is 2.96. The summed E-state index contributed by atoms with van der Waals surface area (Å²) in [7, 11) is 0. The Morgan fingerprint density at radius 1 is 1.36 bits per heavy atom. The molecule has 1 aliphatic heterocycles. The van der Waals surface area contributed by atoms with Crippen molar-refractivity contribution in [3.05, 3.63) is 29.8 Å². The van der Waals surface area contributed by atoms with Crippen LogP contribution in [-0.2, 0) is 19.2 Å². The van der Waals surface area contributed by atoms with Crippen LogP contribution in [0.2, 0.25) is 0 Å². The molecule has 25 heavy (non-hydrogen) atoms. The van der Waals surface area contributed by atoms with Crippen LogP contribution in [0.3, 0.4) is 0 Å². The van der Waals surface area contributed by atoms with Crippen molar-refractivity contribution >= 4 is 29.2 Å². The highest BCUT2D eigenvalue weighted by molar-refractivity contribution is 6.01. The molecule has 1 aliphatic rings. The molecule has 0 aliphatic carbocycles. The summed E-state index contributed by atoms with van der Waals surface area (Å²) in [4.78, 5) is 41.7. The summed E-state index contributed by atoms with van der Waals surface area (Å²) >= 11 is 0. The number of carbonyl (C=O) groups excluding carboxylic acids is 3. The third-order valence-corrected chi connectivity index (χ3v) is 4.54. The summed E-state index contributed by atoms with van der Waals surface area (Å²) in [6.45, 7) is 1.92. The molecule has 2 rings (SSSR count). The number of nitrogens with two attached hydrogens (primary N) is 2. The predicted octanol–water partition coefficient (Wildman–Crippen LogP) is 0.726. The van der Waals surface area contributed by atoms with Crippen LogP contribution in [0.5, 0.6) is 0 Å². The van der Waals surface area contributed by atoms with E-state index in [4.69, 9.17) is 17.0 Å². The lowest BCUT2D eigenvalue weighted by Crippen LogP contribution is -2.33. The maximum atomic E-state index is 12.8. The van der Waals surface area contributed by atoms with E-state index in [-0.39, 0.29) is 30.4 Å². The normalized spacial score (nSPS) is 18.1. The molecule has 8 nitrogen and oxygen atoms in total. The zero-order valence-corrected chi connectivity index (χ0v) is 14.0. The molecule has 1 aromatic carbocycles. The first-order chi connectivity index (χ1) is 11.8. The molecule has 0 saturated carbocycles. The van der Waals surface area contributed by atoms with Crippen molar-refractivity contribution in [2.45, 2.75) is 26.2 Å². The first-order valence-electron chi connectivity index (χ1n) is 8.01. The number of ketones is 1. The molecule has 1 aromatic rings. The van der Waals surface area contributed by atoms with Gasteiger partial charge < -0.3 is 15.5 Å². The van der Waals surface area contributed by atoms with E-state index in [2.05, 4.69) is 4.84 Å². The summed E-state index contributed by atoms with van der Waals surface area (Å²) in [5.74, 6) is 2.90. The van der Waals surface area contributed by atoms with Gasteiger partial charge in [-0.15, -0.1) is 0 Å². The SMILES string of the molecule is CC(=O)C(CCC(=O)ON)C1CCN(c2ccc(C(=N)N)cc2)C1=O. The fourth-order valence-corrected chi connectivity index (χ4v) is 3.17. The van der Waals surface area contributed by atoms with Crippen molar-refractivity contribution in [1.29, 1.82) is 5.41 Å². The molecule has 1 fully saturated rings. The Hall–Kier alpha value is -2.74. The van der Waals surface area contributed by atoms with Gasteiger partial charge >= 0.3 is 5.97 Å². The second-order valence-corrected chi connectivity index (χ2v) is 6.09. The molecule has 1 heterocycles. The molecule has 0 bridgehead atoms. The van der Waals surface area contributed by atoms with Gasteiger partial charge in [0.05, 0.1) is 0 Å². The van der Waals surface area contributed by atoms with E-state index in [0.29, 0.717) is 24.2 Å². The van der Waals surface area contributed by atoms with Crippen LogP contribution in [0.25, 0.3) is 0 Å². The lowest BCUT2D eigenvalue weighted by atomic mass is 9.84. The number of anilines is 1. The summed E-state index contributed by atoms with van der Waals surface area (Å²) < 4.78 is 0. The molecule has 0 aromatic heterocycles. The van der Waals surface area contributed by atoms with Gasteiger partial charge in [-0.3, -0.25) is 19.8 Å². The second kappa shape index (κ2) is 7.89. The standard InChI is InChI=1S/C17H22N4O4/c1-10(22)13(6-7-15(23)25-20)14-8-9-21(17(14)24)12-4-2-11(3-5-12)16(18)19/h2-5,13-14H,6-9,20H2,1H3,(H3,18,19). The number of amides is 1. The molecule has 134 valence electrons. The van der Waals surface area contributed by atoms with Gasteiger partial charge in [-0.05, 0) is 44.0 Å². The monoisotopic (exact) mass is 346 g/mol. The first-order valence-corrected chi connectivity index (χ1v) is 8.01. The fourth-order valence-electron chi connectivity index (χ4n) is 3.17. The highest BCUT2D eigenvalue weighted by Gasteiger charge is 2.39. The van der Waals surface area contributed by atoms with Gasteiger partial charge in [0.1, 0.15) is 11.6 Å². The predicted molar refractivity (Wildman–Crippen MR) is 91.6 cm³/mol. The van der Waals surface area contributed by atoms with Crippen LogP contribution in [0.1, 0.15) is 31.7 Å². The van der Waals surface area contributed by atoms with Crippen molar-refractivity contribution in [3.8, 4) is 0 Å². The largest absolute Gasteiger partial charge is 0.384 e. The van der Waals surface area contributed by atoms with Gasteiger partial charge in [-0.25, -0.2) is 0 Å². The third-order valence-electron chi connectivity index (χ3n) is 4.54. The number of nitrogens with one attached hydrogen (secondary N) is 1. The number of amidine groups is 1. The Kier molecular flexibility index (Phi) is 5.87. The van der Waals surface area contributed by atoms with Crippen molar-refractivity contribution in [3.63, 3.8) is 0 Å². The van der Waals surface area contributed by atoms with E-state index >= 15 is 0 Å². The zero-order valence-electron chi connectivity index (χ0n) is 14.0. The number of Topliss-reactive ketones (excluding diaryl/α,β-unsaturated/α-hetero) is 1. The van der Waals surface area contributed by atoms with Crippen LogP contribution < -0.4 is 16.5 Å². The van der Waals surface area contributed by atoms with Gasteiger partial charge in [-0.2, -0.15) is 5.90 Å². The third kappa shape index (κ3) is 4.21. The molecular formula is C17H22N4O4. The minimum atomic E-state index is -0.603. The number of rotatable bonds is 7. The zero-order chi connectivity index (χ0) is 18.6. The molecular weight excluding hydrogens is 324 g/mol. The highest BCUT2D eigenvalue weighted by Crippen LogP contribution is 2.32. The Labute approximate surface area is 145 Å². The molecule has 1 saturated heterocycles. The molecule has 0 spiro atoms. The molecule has 0 radical (unpaired) electrons. The average molecular weight is 346 g/mol. The quantitative estimate of drug-likeness (QED) is 0.378. The van der Waals surface area contributed by atoms with Gasteiger partial charge in [0.2, 0.25) is 5.91 Å². The highest BCUT2D eigenvalue weighted by atomic mass is 16.7. The Morgan fingerprint density at radius 2 is 2.00 bits per heavy atom. The lowest BCUT2D eigenvalue weighted by Gasteiger charge is -2.21. The van der Waals surface area contributed by atoms with Crippen LogP contribution in [0.4, 0.5) is 5.69 Å². The summed E-state index contributed by atoms with van der Waals surface area (Å²) in [5.41, 5.74) is 6.70. The molecule has 8 heteroatoms. The summed E-state index contributed by atoms with van der Waals surface area (Å²) in [6, 6.07) is 6.81. The Bertz CT molecular complexity index is 686. The van der Waals surface area contributed by atoms with E-state index in [1.807, 2.05) is 0 Å². The number of benzene rings is 1. The first kappa shape index (κ1) is 18.6. The molecule has 2 atom stereocenters. The van der Waals surface area contributed by atoms with Crippen molar-refractivity contribution in [2.24, 2.45) is 23.5 Å². The Balaban J connectivity index is 2.11. The van der Waals surface area contributed by atoms with Crippen molar-refractivity contribution in [1.82, 2.24) is 0 Å². The second-order valence-electron chi connectivity index (χ2n) is 6.09. The maximum absolute atomic E-state index is 12.8. The number of nitrogen functional groups attached to an aromatic ring is 1.